The second-order valence-electron chi connectivity index (χ2n) is 5.22. The summed E-state index contributed by atoms with van der Waals surface area (Å²) in [7, 11) is 0. The van der Waals surface area contributed by atoms with Gasteiger partial charge in [0.25, 0.3) is 0 Å². The smallest absolute Gasteiger partial charge is 0.330 e. The fourth-order valence-electron chi connectivity index (χ4n) is 2.14. The quantitative estimate of drug-likeness (QED) is 0.569. The second-order valence-corrected chi connectivity index (χ2v) is 5.22. The van der Waals surface area contributed by atoms with E-state index in [0.717, 1.165) is 18.4 Å². The topological polar surface area (TPSA) is 66.8 Å². The highest BCUT2D eigenvalue weighted by Gasteiger charge is 2.21. The summed E-state index contributed by atoms with van der Waals surface area (Å²) in [6, 6.07) is 0. The van der Waals surface area contributed by atoms with Crippen LogP contribution < -0.4 is 0 Å². The van der Waals surface area contributed by atoms with E-state index in [9.17, 15) is 15.0 Å². The molecule has 0 amide bonds. The third kappa shape index (κ3) is 5.72. The number of esters is 1. The number of ether oxygens (including phenoxy) is 1. The summed E-state index contributed by atoms with van der Waals surface area (Å²) in [6.07, 6.45) is 9.70. The van der Waals surface area contributed by atoms with Gasteiger partial charge in [-0.05, 0) is 25.3 Å². The number of hydrogen-bond acceptors (Lipinski definition) is 4. The lowest BCUT2D eigenvalue weighted by Gasteiger charge is -2.22. The van der Waals surface area contributed by atoms with Crippen molar-refractivity contribution in [2.45, 2.75) is 32.8 Å². The first kappa shape index (κ1) is 16.7. The summed E-state index contributed by atoms with van der Waals surface area (Å²) in [6.45, 7) is 3.88. The van der Waals surface area contributed by atoms with E-state index in [1.165, 1.54) is 6.08 Å². The maximum Gasteiger partial charge on any atom is 0.330 e. The van der Waals surface area contributed by atoms with Crippen molar-refractivity contribution in [2.75, 3.05) is 13.2 Å². The Labute approximate surface area is 120 Å². The highest BCUT2D eigenvalue weighted by atomic mass is 16.5. The molecule has 112 valence electrons. The first-order chi connectivity index (χ1) is 9.54. The molecule has 0 saturated carbocycles. The van der Waals surface area contributed by atoms with E-state index in [4.69, 9.17) is 4.74 Å². The molecule has 2 N–H and O–H groups in total. The van der Waals surface area contributed by atoms with Gasteiger partial charge in [-0.25, -0.2) is 4.79 Å². The molecule has 0 bridgehead atoms. The molecule has 1 heterocycles. The Balaban J connectivity index is 2.86. The van der Waals surface area contributed by atoms with E-state index < -0.39 is 6.10 Å². The van der Waals surface area contributed by atoms with E-state index in [2.05, 4.69) is 0 Å². The van der Waals surface area contributed by atoms with Gasteiger partial charge in [0, 0.05) is 17.9 Å². The lowest BCUT2D eigenvalue weighted by molar-refractivity contribution is -0.136. The summed E-state index contributed by atoms with van der Waals surface area (Å²) in [5.41, 5.74) is 0.885. The highest BCUT2D eigenvalue weighted by molar-refractivity contribution is 5.81. The predicted molar refractivity (Wildman–Crippen MR) is 78.0 cm³/mol. The Bertz CT molecular complexity index is 395. The zero-order chi connectivity index (χ0) is 15.0. The molecule has 0 radical (unpaired) electrons. The van der Waals surface area contributed by atoms with Gasteiger partial charge in [0.2, 0.25) is 0 Å². The van der Waals surface area contributed by atoms with Crippen LogP contribution in [0.4, 0.5) is 0 Å². The molecule has 0 aromatic carbocycles. The zero-order valence-electron chi connectivity index (χ0n) is 12.2. The first-order valence-corrected chi connectivity index (χ1v) is 7.00. The van der Waals surface area contributed by atoms with Crippen LogP contribution in [0.3, 0.4) is 0 Å². The van der Waals surface area contributed by atoms with Crippen LogP contribution in [-0.4, -0.2) is 35.5 Å². The molecule has 1 rings (SSSR count). The van der Waals surface area contributed by atoms with Gasteiger partial charge in [-0.1, -0.05) is 31.2 Å². The van der Waals surface area contributed by atoms with Crippen LogP contribution in [0, 0.1) is 11.8 Å². The largest absolute Gasteiger partial charge is 0.458 e. The lowest BCUT2D eigenvalue weighted by atomic mass is 9.90. The van der Waals surface area contributed by atoms with Gasteiger partial charge in [-0.2, -0.15) is 0 Å². The summed E-state index contributed by atoms with van der Waals surface area (Å²) < 4.78 is 5.09. The Hall–Kier alpha value is -1.39. The number of carbonyl (C=O) groups is 1. The van der Waals surface area contributed by atoms with E-state index in [-0.39, 0.29) is 31.0 Å². The van der Waals surface area contributed by atoms with Crippen LogP contribution in [0.15, 0.2) is 36.0 Å². The summed E-state index contributed by atoms with van der Waals surface area (Å²) in [5.74, 6) is -0.738. The van der Waals surface area contributed by atoms with Crippen LogP contribution in [0.25, 0.3) is 0 Å². The van der Waals surface area contributed by atoms with Crippen molar-refractivity contribution in [1.29, 1.82) is 0 Å². The Morgan fingerprint density at radius 1 is 1.35 bits per heavy atom. The molecule has 0 aromatic rings. The predicted octanol–water partition coefficient (Wildman–Crippen LogP) is 1.99. The SMILES string of the molecule is CC1=C[C@@H](C)[C@H](O)[C@@H](CO)C=CCCC=CC(=O)OC1. The minimum absolute atomic E-state index is 0.0836. The molecule has 0 aliphatic carbocycles. The highest BCUT2D eigenvalue weighted by Crippen LogP contribution is 2.18. The van der Waals surface area contributed by atoms with Crippen LogP contribution in [-0.2, 0) is 9.53 Å². The van der Waals surface area contributed by atoms with Gasteiger partial charge in [0.05, 0.1) is 12.7 Å². The van der Waals surface area contributed by atoms with Crippen LogP contribution in [0.2, 0.25) is 0 Å². The molecule has 0 unspecified atom stereocenters. The van der Waals surface area contributed by atoms with E-state index in [1.54, 1.807) is 6.08 Å². The monoisotopic (exact) mass is 280 g/mol. The molecule has 3 atom stereocenters. The van der Waals surface area contributed by atoms with E-state index in [0.29, 0.717) is 0 Å². The number of allylic oxidation sites excluding steroid dienone is 2. The summed E-state index contributed by atoms with van der Waals surface area (Å²) in [4.78, 5) is 11.4. The Kier molecular flexibility index (Phi) is 7.26. The number of cyclic esters (lactones) is 1. The maximum absolute atomic E-state index is 11.4. The minimum Gasteiger partial charge on any atom is -0.458 e. The average Bonchev–Trinajstić information content (AvgIpc) is 2.43. The van der Waals surface area contributed by atoms with Crippen molar-refractivity contribution in [3.63, 3.8) is 0 Å². The summed E-state index contributed by atoms with van der Waals surface area (Å²) in [5, 5.41) is 19.6. The molecule has 1 aliphatic heterocycles. The molecular weight excluding hydrogens is 256 g/mol. The van der Waals surface area contributed by atoms with Crippen molar-refractivity contribution in [1.82, 2.24) is 0 Å². The number of aliphatic hydroxyl groups is 2. The van der Waals surface area contributed by atoms with Crippen molar-refractivity contribution in [3.8, 4) is 0 Å². The number of aliphatic hydroxyl groups excluding tert-OH is 2. The van der Waals surface area contributed by atoms with Gasteiger partial charge < -0.3 is 14.9 Å². The maximum atomic E-state index is 11.4. The standard InChI is InChI=1S/C16H24O4/c1-12-9-13(2)16(19)14(10-17)7-5-3-4-6-8-15(18)20-11-12/h5-9,13-14,16-17,19H,3-4,10-11H2,1-2H3/t13-,14-,16+/m1/s1. The number of rotatable bonds is 1. The van der Waals surface area contributed by atoms with Crippen molar-refractivity contribution < 1.29 is 19.7 Å². The molecular formula is C16H24O4. The van der Waals surface area contributed by atoms with E-state index in [1.807, 2.05) is 32.1 Å². The molecule has 0 saturated heterocycles. The molecule has 0 aromatic heterocycles. The fourth-order valence-corrected chi connectivity index (χ4v) is 2.14. The Morgan fingerprint density at radius 3 is 2.75 bits per heavy atom. The van der Waals surface area contributed by atoms with Crippen molar-refractivity contribution >= 4 is 5.97 Å². The molecule has 20 heavy (non-hydrogen) atoms. The van der Waals surface area contributed by atoms with Crippen LogP contribution in [0.5, 0.6) is 0 Å². The fraction of sp³-hybridized carbons (Fsp3) is 0.562. The van der Waals surface area contributed by atoms with Crippen molar-refractivity contribution in [3.05, 3.63) is 36.0 Å². The lowest BCUT2D eigenvalue weighted by Crippen LogP contribution is -2.28. The average molecular weight is 280 g/mol. The third-order valence-corrected chi connectivity index (χ3v) is 3.31. The van der Waals surface area contributed by atoms with Gasteiger partial charge in [-0.15, -0.1) is 0 Å². The van der Waals surface area contributed by atoms with E-state index >= 15 is 0 Å². The van der Waals surface area contributed by atoms with Crippen molar-refractivity contribution in [2.24, 2.45) is 11.8 Å². The zero-order valence-corrected chi connectivity index (χ0v) is 12.2. The third-order valence-electron chi connectivity index (χ3n) is 3.31. The van der Waals surface area contributed by atoms with Gasteiger partial charge in [-0.3, -0.25) is 0 Å². The summed E-state index contributed by atoms with van der Waals surface area (Å²) >= 11 is 0. The molecule has 0 spiro atoms. The minimum atomic E-state index is -0.652. The molecule has 4 heteroatoms. The van der Waals surface area contributed by atoms with Gasteiger partial charge in [0.1, 0.15) is 6.61 Å². The van der Waals surface area contributed by atoms with Crippen LogP contribution >= 0.6 is 0 Å². The number of hydrogen-bond donors (Lipinski definition) is 2. The first-order valence-electron chi connectivity index (χ1n) is 7.00. The second kappa shape index (κ2) is 8.72. The Morgan fingerprint density at radius 2 is 2.05 bits per heavy atom. The molecule has 0 fully saturated rings. The normalized spacial score (nSPS) is 29.5. The van der Waals surface area contributed by atoms with Gasteiger partial charge in [0.15, 0.2) is 0 Å². The molecule has 1 aliphatic rings. The van der Waals surface area contributed by atoms with Crippen LogP contribution in [0.1, 0.15) is 26.7 Å². The number of carbonyl (C=O) groups excluding carboxylic acids is 1. The molecule has 4 nitrogen and oxygen atoms in total. The van der Waals surface area contributed by atoms with Gasteiger partial charge >= 0.3 is 5.97 Å².